The van der Waals surface area contributed by atoms with Crippen molar-refractivity contribution in [3.05, 3.63) is 60.7 Å². The summed E-state index contributed by atoms with van der Waals surface area (Å²) in [6.45, 7) is 0. The van der Waals surface area contributed by atoms with E-state index in [1.54, 1.807) is 0 Å². The fraction of sp³-hybridized carbons (Fsp3) is 0. The molecule has 0 amide bonds. The lowest BCUT2D eigenvalue weighted by Crippen LogP contribution is -2.56. The van der Waals surface area contributed by atoms with E-state index >= 15 is 0 Å². The minimum atomic E-state index is 0.206. The zero-order chi connectivity index (χ0) is 21.4. The lowest BCUT2D eigenvalue weighted by Gasteiger charge is -2.23. The first-order valence-corrected chi connectivity index (χ1v) is 9.93. The molecule has 132 valence electrons. The molecule has 31 heavy (non-hydrogen) atoms. The zero-order valence-corrected chi connectivity index (χ0v) is 16.6. The second kappa shape index (κ2) is 6.40. The molecule has 10 radical (unpaired) electrons. The van der Waals surface area contributed by atoms with Gasteiger partial charge in [-0.25, -0.2) is 0 Å². The summed E-state index contributed by atoms with van der Waals surface area (Å²) in [5.74, 6) is 0. The quantitative estimate of drug-likeness (QED) is 0.398. The Balaban J connectivity index is 1.87. The normalized spacial score (nSPS) is 11.9. The van der Waals surface area contributed by atoms with Gasteiger partial charge in [-0.3, -0.25) is 0 Å². The lowest BCUT2D eigenvalue weighted by molar-refractivity contribution is 1.21. The summed E-state index contributed by atoms with van der Waals surface area (Å²) in [6, 6.07) is 20.6. The summed E-state index contributed by atoms with van der Waals surface area (Å²) in [5.41, 5.74) is 5.88. The van der Waals surface area contributed by atoms with Crippen molar-refractivity contribution in [1.29, 1.82) is 0 Å². The van der Waals surface area contributed by atoms with Gasteiger partial charge in [0.2, 0.25) is 0 Å². The number of aromatic amines is 1. The molecule has 0 unspecified atom stereocenters. The van der Waals surface area contributed by atoms with Crippen molar-refractivity contribution in [2.45, 2.75) is 0 Å². The van der Waals surface area contributed by atoms with Gasteiger partial charge in [0.25, 0.3) is 0 Å². The van der Waals surface area contributed by atoms with Gasteiger partial charge in [-0.15, -0.1) is 16.4 Å². The Kier molecular flexibility index (Phi) is 3.83. The van der Waals surface area contributed by atoms with Crippen molar-refractivity contribution in [2.75, 3.05) is 0 Å². The average molecular weight is 381 g/mol. The van der Waals surface area contributed by atoms with Crippen molar-refractivity contribution in [2.24, 2.45) is 0 Å². The smallest absolute Gasteiger partial charge is 0.115 e. The Morgan fingerprint density at radius 3 is 1.90 bits per heavy atom. The van der Waals surface area contributed by atoms with Crippen LogP contribution < -0.4 is 27.3 Å². The number of nitrogens with zero attached hydrogens (tertiary/aromatic N) is 1. The molecule has 2 heterocycles. The van der Waals surface area contributed by atoms with Crippen LogP contribution in [0, 0.1) is 0 Å². The standard InChI is InChI=1S/C24H11B5N2/c25-18-19(26)21(28)24(22(29)20(18)27)31-15-8-4-2-6-13(15)17-16(31)10-9-12-11-5-1-3-7-14(11)30-23(12)17/h1-10,30H. The van der Waals surface area contributed by atoms with E-state index < -0.39 is 0 Å². The van der Waals surface area contributed by atoms with Crippen LogP contribution in [0.5, 0.6) is 0 Å². The third-order valence-corrected chi connectivity index (χ3v) is 6.21. The summed E-state index contributed by atoms with van der Waals surface area (Å²) < 4.78 is 2.02. The molecule has 6 rings (SSSR count). The molecule has 0 aliphatic rings. The first kappa shape index (κ1) is 18.6. The Labute approximate surface area is 186 Å². The van der Waals surface area contributed by atoms with Gasteiger partial charge >= 0.3 is 0 Å². The van der Waals surface area contributed by atoms with E-state index in [0.717, 1.165) is 38.2 Å². The number of hydrogen-bond acceptors (Lipinski definition) is 0. The largest absolute Gasteiger partial charge is 0.354 e. The van der Waals surface area contributed by atoms with Crippen molar-refractivity contribution in [3.63, 3.8) is 0 Å². The van der Waals surface area contributed by atoms with Crippen LogP contribution in [0.2, 0.25) is 0 Å². The van der Waals surface area contributed by atoms with E-state index in [2.05, 4.69) is 35.3 Å². The van der Waals surface area contributed by atoms with Crippen LogP contribution in [0.15, 0.2) is 60.7 Å². The molecule has 1 N–H and O–H groups in total. The van der Waals surface area contributed by atoms with Gasteiger partial charge in [0.15, 0.2) is 0 Å². The molecule has 0 bridgehead atoms. The molecule has 0 aliphatic heterocycles. The minimum Gasteiger partial charge on any atom is -0.354 e. The van der Waals surface area contributed by atoms with Gasteiger partial charge in [0, 0.05) is 32.7 Å². The summed E-state index contributed by atoms with van der Waals surface area (Å²) in [4.78, 5) is 3.59. The Bertz CT molecular complexity index is 1660. The second-order valence-electron chi connectivity index (χ2n) is 7.82. The number of para-hydroxylation sites is 2. The molecular formula is C24H11B5N2. The summed E-state index contributed by atoms with van der Waals surface area (Å²) in [7, 11) is 31.3. The summed E-state index contributed by atoms with van der Waals surface area (Å²) >= 11 is 0. The molecule has 2 aromatic heterocycles. The van der Waals surface area contributed by atoms with Crippen molar-refractivity contribution in [1.82, 2.24) is 9.55 Å². The van der Waals surface area contributed by atoms with Gasteiger partial charge in [-0.2, -0.15) is 0 Å². The van der Waals surface area contributed by atoms with Crippen LogP contribution in [-0.2, 0) is 0 Å². The van der Waals surface area contributed by atoms with Crippen molar-refractivity contribution in [3.8, 4) is 5.69 Å². The molecule has 0 atom stereocenters. The summed E-state index contributed by atoms with van der Waals surface area (Å²) in [5, 5.41) is 4.49. The first-order valence-electron chi connectivity index (χ1n) is 9.93. The summed E-state index contributed by atoms with van der Waals surface area (Å²) in [6.07, 6.45) is 0. The maximum absolute atomic E-state index is 6.43. The molecule has 2 nitrogen and oxygen atoms in total. The molecule has 0 aliphatic carbocycles. The van der Waals surface area contributed by atoms with Gasteiger partial charge in [-0.1, -0.05) is 53.4 Å². The predicted octanol–water partition coefficient (Wildman–Crippen LogP) is 0.387. The number of rotatable bonds is 1. The van der Waals surface area contributed by atoms with E-state index in [1.165, 1.54) is 5.39 Å². The highest BCUT2D eigenvalue weighted by Gasteiger charge is 2.20. The third-order valence-electron chi connectivity index (χ3n) is 6.21. The van der Waals surface area contributed by atoms with E-state index in [9.17, 15) is 0 Å². The lowest BCUT2D eigenvalue weighted by atomic mass is 9.61. The van der Waals surface area contributed by atoms with E-state index in [4.69, 9.17) is 39.2 Å². The number of H-pyrrole nitrogens is 1. The number of nitrogens with one attached hydrogen (secondary N) is 1. The van der Waals surface area contributed by atoms with Crippen molar-refractivity contribution < 1.29 is 0 Å². The monoisotopic (exact) mass is 382 g/mol. The van der Waals surface area contributed by atoms with E-state index in [-0.39, 0.29) is 16.4 Å². The molecule has 0 saturated heterocycles. The molecule has 0 spiro atoms. The average Bonchev–Trinajstić information content (AvgIpc) is 3.33. The maximum Gasteiger partial charge on any atom is 0.115 e. The number of hydrogen-bond donors (Lipinski definition) is 1. The van der Waals surface area contributed by atoms with Crippen LogP contribution in [0.4, 0.5) is 0 Å². The fourth-order valence-electron chi connectivity index (χ4n) is 4.69. The predicted molar refractivity (Wildman–Crippen MR) is 137 cm³/mol. The Morgan fingerprint density at radius 1 is 0.548 bits per heavy atom. The van der Waals surface area contributed by atoms with Crippen LogP contribution >= 0.6 is 0 Å². The SMILES string of the molecule is [B]c1c([B])c([B])c(-n2c3ccccc3c3c4[nH]c5ccccc5c4ccc32)c([B])c1[B]. The zero-order valence-electron chi connectivity index (χ0n) is 16.6. The Morgan fingerprint density at radius 2 is 1.16 bits per heavy atom. The molecule has 0 saturated carbocycles. The minimum absolute atomic E-state index is 0.206. The molecule has 6 aromatic rings. The van der Waals surface area contributed by atoms with Gasteiger partial charge in [-0.05, 0) is 18.2 Å². The highest BCUT2D eigenvalue weighted by Crippen LogP contribution is 2.38. The topological polar surface area (TPSA) is 20.7 Å². The van der Waals surface area contributed by atoms with Gasteiger partial charge < -0.3 is 9.55 Å². The van der Waals surface area contributed by atoms with Crippen LogP contribution in [0.25, 0.3) is 49.3 Å². The molecule has 4 aromatic carbocycles. The molecular weight excluding hydrogens is 370 g/mol. The van der Waals surface area contributed by atoms with Gasteiger partial charge in [0.1, 0.15) is 39.2 Å². The molecule has 7 heteroatoms. The highest BCUT2D eigenvalue weighted by molar-refractivity contribution is 6.68. The fourth-order valence-corrected chi connectivity index (χ4v) is 4.69. The number of benzene rings is 4. The first-order chi connectivity index (χ1) is 15.0. The third kappa shape index (κ3) is 2.35. The maximum atomic E-state index is 6.43. The van der Waals surface area contributed by atoms with Gasteiger partial charge in [0.05, 0.1) is 16.6 Å². The Hall–Kier alpha value is -3.20. The van der Waals surface area contributed by atoms with Crippen molar-refractivity contribution >= 4 is 110 Å². The molecule has 0 fully saturated rings. The van der Waals surface area contributed by atoms with E-state index in [0.29, 0.717) is 16.6 Å². The highest BCUT2D eigenvalue weighted by atomic mass is 15.0. The van der Waals surface area contributed by atoms with E-state index in [1.807, 2.05) is 34.9 Å². The number of fused-ring (bicyclic) bond motifs is 7. The number of aromatic nitrogens is 2. The second-order valence-corrected chi connectivity index (χ2v) is 7.82. The van der Waals surface area contributed by atoms with Crippen LogP contribution in [0.1, 0.15) is 0 Å². The van der Waals surface area contributed by atoms with Crippen LogP contribution in [-0.4, -0.2) is 48.8 Å². The van der Waals surface area contributed by atoms with Crippen LogP contribution in [0.3, 0.4) is 0 Å².